The van der Waals surface area contributed by atoms with Gasteiger partial charge in [0.25, 0.3) is 0 Å². The first-order valence-corrected chi connectivity index (χ1v) is 9.60. The first-order valence-electron chi connectivity index (χ1n) is 7.74. The van der Waals surface area contributed by atoms with E-state index in [9.17, 15) is 0 Å². The first kappa shape index (κ1) is 14.1. The molecule has 120 valence electrons. The van der Waals surface area contributed by atoms with Crippen molar-refractivity contribution in [1.82, 2.24) is 14.8 Å². The number of imidazole rings is 1. The molecule has 2 aliphatic heterocycles. The zero-order valence-corrected chi connectivity index (χ0v) is 14.6. The van der Waals surface area contributed by atoms with Crippen molar-refractivity contribution in [2.75, 3.05) is 4.90 Å². The third kappa shape index (κ3) is 2.16. The average Bonchev–Trinajstić information content (AvgIpc) is 3.27. The van der Waals surface area contributed by atoms with Crippen LogP contribution in [0.5, 0.6) is 0 Å². The topological polar surface area (TPSA) is 44.9 Å². The number of rotatable bonds is 2. The predicted octanol–water partition coefficient (Wildman–Crippen LogP) is 3.75. The zero-order valence-electron chi connectivity index (χ0n) is 13.0. The summed E-state index contributed by atoms with van der Waals surface area (Å²) in [5.41, 5.74) is 8.08. The van der Waals surface area contributed by atoms with Crippen molar-refractivity contribution in [1.29, 1.82) is 0 Å². The summed E-state index contributed by atoms with van der Waals surface area (Å²) < 4.78 is 2.07. The van der Waals surface area contributed by atoms with Gasteiger partial charge < -0.3 is 0 Å². The summed E-state index contributed by atoms with van der Waals surface area (Å²) in [6.07, 6.45) is 6.47. The van der Waals surface area contributed by atoms with Crippen LogP contribution in [0.3, 0.4) is 0 Å². The van der Waals surface area contributed by atoms with E-state index in [0.717, 1.165) is 21.6 Å². The second kappa shape index (κ2) is 5.39. The van der Waals surface area contributed by atoms with Crippen LogP contribution in [0.25, 0.3) is 10.5 Å². The first-order chi connectivity index (χ1) is 11.8. The van der Waals surface area contributed by atoms with Gasteiger partial charge in [-0.25, -0.2) is 4.98 Å². The van der Waals surface area contributed by atoms with Gasteiger partial charge in [-0.15, -0.1) is 11.3 Å². The van der Waals surface area contributed by atoms with Crippen molar-refractivity contribution in [3.8, 4) is 0 Å². The highest BCUT2D eigenvalue weighted by molar-refractivity contribution is 8.13. The summed E-state index contributed by atoms with van der Waals surface area (Å²) in [7, 11) is 0. The Hall–Kier alpha value is -2.25. The lowest BCUT2D eigenvalue weighted by Gasteiger charge is -2.31. The largest absolute Gasteiger partial charge is 0.297 e. The van der Waals surface area contributed by atoms with E-state index in [2.05, 4.69) is 68.3 Å². The lowest BCUT2D eigenvalue weighted by Crippen LogP contribution is -2.40. The Morgan fingerprint density at radius 2 is 2.25 bits per heavy atom. The molecule has 0 aliphatic carbocycles. The molecule has 7 heteroatoms. The van der Waals surface area contributed by atoms with Gasteiger partial charge >= 0.3 is 0 Å². The van der Waals surface area contributed by atoms with Crippen LogP contribution < -0.4 is 10.3 Å². The monoisotopic (exact) mass is 353 g/mol. The molecule has 1 atom stereocenters. The molecule has 0 fully saturated rings. The molecule has 1 unspecified atom stereocenters. The van der Waals surface area contributed by atoms with Crippen LogP contribution in [0.1, 0.15) is 18.2 Å². The molecule has 0 saturated heterocycles. The van der Waals surface area contributed by atoms with E-state index in [1.165, 1.54) is 16.8 Å². The second-order valence-electron chi connectivity index (χ2n) is 5.82. The van der Waals surface area contributed by atoms with Crippen molar-refractivity contribution in [3.05, 3.63) is 59.4 Å². The van der Waals surface area contributed by atoms with E-state index in [1.807, 2.05) is 11.6 Å². The van der Waals surface area contributed by atoms with Gasteiger partial charge in [-0.1, -0.05) is 30.0 Å². The quantitative estimate of drug-likeness (QED) is 0.762. The normalized spacial score (nSPS) is 18.9. The molecule has 5 nitrogen and oxygen atoms in total. The standard InChI is InChI=1S/C17H15N5S2/c1-11-8-15-19-20-17(22(15)14-5-3-2-4-13(11)14)24-10-12-9-21-6-7-23-16(21)18-12/h2-9,15,19H,10H2,1H3. The number of amidine groups is 1. The number of nitrogens with one attached hydrogen (secondary N) is 1. The number of thioether (sulfide) groups is 1. The van der Waals surface area contributed by atoms with E-state index < -0.39 is 0 Å². The minimum atomic E-state index is 0.105. The van der Waals surface area contributed by atoms with E-state index in [-0.39, 0.29) is 6.17 Å². The minimum absolute atomic E-state index is 0.105. The molecule has 0 amide bonds. The number of hydrazone groups is 1. The lowest BCUT2D eigenvalue weighted by molar-refractivity contribution is 0.683. The van der Waals surface area contributed by atoms with E-state index in [0.29, 0.717) is 0 Å². The number of aromatic nitrogens is 2. The van der Waals surface area contributed by atoms with Crippen LogP contribution in [-0.4, -0.2) is 20.7 Å². The maximum Gasteiger partial charge on any atom is 0.193 e. The highest BCUT2D eigenvalue weighted by Crippen LogP contribution is 2.37. The van der Waals surface area contributed by atoms with Gasteiger partial charge in [0, 0.05) is 29.1 Å². The number of hydrogen-bond acceptors (Lipinski definition) is 6. The highest BCUT2D eigenvalue weighted by atomic mass is 32.2. The number of fused-ring (bicyclic) bond motifs is 4. The molecule has 2 aromatic heterocycles. The number of para-hydroxylation sites is 1. The van der Waals surface area contributed by atoms with Crippen LogP contribution in [0.15, 0.2) is 53.2 Å². The molecule has 24 heavy (non-hydrogen) atoms. The molecule has 2 aliphatic rings. The maximum absolute atomic E-state index is 4.65. The molecule has 0 saturated carbocycles. The number of allylic oxidation sites excluding steroid dienone is 1. The van der Waals surface area contributed by atoms with Crippen LogP contribution in [0, 0.1) is 0 Å². The second-order valence-corrected chi connectivity index (χ2v) is 7.63. The van der Waals surface area contributed by atoms with E-state index >= 15 is 0 Å². The van der Waals surface area contributed by atoms with Crippen LogP contribution >= 0.6 is 23.1 Å². The zero-order chi connectivity index (χ0) is 16.1. The van der Waals surface area contributed by atoms with Gasteiger partial charge in [0.15, 0.2) is 10.1 Å². The lowest BCUT2D eigenvalue weighted by atomic mass is 10.00. The van der Waals surface area contributed by atoms with Crippen molar-refractivity contribution in [3.63, 3.8) is 0 Å². The third-order valence-corrected chi connectivity index (χ3v) is 6.02. The van der Waals surface area contributed by atoms with Crippen LogP contribution in [0.2, 0.25) is 0 Å². The Balaban J connectivity index is 1.40. The fourth-order valence-corrected chi connectivity index (χ4v) is 4.75. The number of benzene rings is 1. The molecule has 0 radical (unpaired) electrons. The molecule has 0 bridgehead atoms. The smallest absolute Gasteiger partial charge is 0.193 e. The Bertz CT molecular complexity index is 955. The molecule has 5 rings (SSSR count). The van der Waals surface area contributed by atoms with E-state index in [4.69, 9.17) is 0 Å². The Kier molecular flexibility index (Phi) is 3.17. The molecule has 1 N–H and O–H groups in total. The number of hydrogen-bond donors (Lipinski definition) is 1. The Morgan fingerprint density at radius 3 is 3.17 bits per heavy atom. The number of nitrogens with zero attached hydrogens (tertiary/aromatic N) is 4. The Morgan fingerprint density at radius 1 is 1.33 bits per heavy atom. The molecular weight excluding hydrogens is 338 g/mol. The average molecular weight is 353 g/mol. The predicted molar refractivity (Wildman–Crippen MR) is 101 cm³/mol. The summed E-state index contributed by atoms with van der Waals surface area (Å²) in [4.78, 5) is 7.96. The summed E-state index contributed by atoms with van der Waals surface area (Å²) in [5, 5.41) is 7.59. The van der Waals surface area contributed by atoms with Gasteiger partial charge in [-0.3, -0.25) is 14.7 Å². The summed E-state index contributed by atoms with van der Waals surface area (Å²) in [6, 6.07) is 8.50. The molecule has 4 heterocycles. The third-order valence-electron chi connectivity index (χ3n) is 4.27. The van der Waals surface area contributed by atoms with Gasteiger partial charge in [-0.05, 0) is 24.6 Å². The summed E-state index contributed by atoms with van der Waals surface area (Å²) in [5.74, 6) is 0.809. The minimum Gasteiger partial charge on any atom is -0.297 e. The summed E-state index contributed by atoms with van der Waals surface area (Å²) >= 11 is 3.38. The SMILES string of the molecule is CC1=CC2NN=C(SCc3cn4ccsc4n3)N2c2ccccc21. The van der Waals surface area contributed by atoms with Gasteiger partial charge in [0.1, 0.15) is 6.17 Å². The van der Waals surface area contributed by atoms with Crippen LogP contribution in [0.4, 0.5) is 5.69 Å². The van der Waals surface area contributed by atoms with Crippen molar-refractivity contribution >= 4 is 44.5 Å². The van der Waals surface area contributed by atoms with Crippen molar-refractivity contribution < 1.29 is 0 Å². The van der Waals surface area contributed by atoms with Gasteiger partial charge in [-0.2, -0.15) is 5.10 Å². The van der Waals surface area contributed by atoms with Gasteiger partial charge in [0.2, 0.25) is 0 Å². The maximum atomic E-state index is 4.65. The summed E-state index contributed by atoms with van der Waals surface area (Å²) in [6.45, 7) is 2.15. The molecule has 3 aromatic rings. The molecule has 0 spiro atoms. The fraction of sp³-hybridized carbons (Fsp3) is 0.176. The number of thiazole rings is 1. The highest BCUT2D eigenvalue weighted by Gasteiger charge is 2.32. The molecule has 1 aromatic carbocycles. The number of anilines is 1. The van der Waals surface area contributed by atoms with Gasteiger partial charge in [0.05, 0.1) is 11.4 Å². The van der Waals surface area contributed by atoms with E-state index in [1.54, 1.807) is 23.1 Å². The Labute approximate surface area is 147 Å². The van der Waals surface area contributed by atoms with Crippen LogP contribution in [-0.2, 0) is 5.75 Å². The van der Waals surface area contributed by atoms with Crippen molar-refractivity contribution in [2.45, 2.75) is 18.8 Å². The molecular formula is C17H15N5S2. The van der Waals surface area contributed by atoms with Crippen molar-refractivity contribution in [2.24, 2.45) is 5.10 Å². The fourth-order valence-electron chi connectivity index (χ4n) is 3.15.